The Morgan fingerprint density at radius 1 is 1.32 bits per heavy atom. The lowest BCUT2D eigenvalue weighted by Crippen LogP contribution is -2.40. The van der Waals surface area contributed by atoms with Crippen LogP contribution in [0.2, 0.25) is 0 Å². The van der Waals surface area contributed by atoms with Crippen LogP contribution in [-0.4, -0.2) is 19.9 Å². The zero-order valence-electron chi connectivity index (χ0n) is 10.9. The van der Waals surface area contributed by atoms with Crippen molar-refractivity contribution in [2.24, 2.45) is 11.1 Å². The molecule has 0 spiro atoms. The van der Waals surface area contributed by atoms with Crippen LogP contribution in [0.4, 0.5) is 4.79 Å². The Hall–Kier alpha value is -1.08. The molecule has 0 radical (unpaired) electrons. The van der Waals surface area contributed by atoms with Gasteiger partial charge in [0.15, 0.2) is 0 Å². The number of rotatable bonds is 3. The first-order valence-electron chi connectivity index (χ1n) is 5.51. The summed E-state index contributed by atoms with van der Waals surface area (Å²) in [6, 6.07) is 6.35. The van der Waals surface area contributed by atoms with Crippen molar-refractivity contribution in [2.45, 2.75) is 31.1 Å². The molecule has 0 aromatic heterocycles. The predicted molar refractivity (Wildman–Crippen MR) is 75.2 cm³/mol. The van der Waals surface area contributed by atoms with E-state index in [1.807, 2.05) is 0 Å². The normalized spacial score (nSPS) is 13.9. The highest BCUT2D eigenvalue weighted by Crippen LogP contribution is 2.34. The fraction of sp³-hybridized carbons (Fsp3) is 0.417. The van der Waals surface area contributed by atoms with Gasteiger partial charge in [-0.15, -0.1) is 0 Å². The monoisotopic (exact) mass is 349 g/mol. The molecule has 1 atom stereocenters. The summed E-state index contributed by atoms with van der Waals surface area (Å²) in [6.07, 6.45) is -1.12. The van der Waals surface area contributed by atoms with Gasteiger partial charge in [0.05, 0.1) is 4.90 Å². The zero-order chi connectivity index (χ0) is 14.8. The second-order valence-corrected chi connectivity index (χ2v) is 7.92. The van der Waals surface area contributed by atoms with E-state index in [-0.39, 0.29) is 4.90 Å². The first-order valence-corrected chi connectivity index (χ1v) is 7.85. The summed E-state index contributed by atoms with van der Waals surface area (Å²) < 4.78 is 30.4. The number of nitrogens with two attached hydrogens (primary N) is 1. The summed E-state index contributed by atoms with van der Waals surface area (Å²) in [6.45, 7) is 4.99. The van der Waals surface area contributed by atoms with E-state index in [1.54, 1.807) is 39.0 Å². The number of benzene rings is 1. The Balaban J connectivity index is 3.37. The van der Waals surface area contributed by atoms with Crippen molar-refractivity contribution in [3.05, 3.63) is 28.7 Å². The number of amides is 1. The van der Waals surface area contributed by atoms with E-state index in [4.69, 9.17) is 10.5 Å². The molecule has 19 heavy (non-hydrogen) atoms. The summed E-state index contributed by atoms with van der Waals surface area (Å²) in [5.74, 6) is 0. The number of carbonyl (C=O) groups is 1. The van der Waals surface area contributed by atoms with Gasteiger partial charge in [-0.05, 0) is 28.1 Å². The fourth-order valence-corrected chi connectivity index (χ4v) is 4.55. The van der Waals surface area contributed by atoms with Gasteiger partial charge in [0.1, 0.15) is 0 Å². The van der Waals surface area contributed by atoms with Gasteiger partial charge < -0.3 is 10.5 Å². The van der Waals surface area contributed by atoms with E-state index >= 15 is 0 Å². The van der Waals surface area contributed by atoms with Gasteiger partial charge in [0.2, 0.25) is 15.3 Å². The molecule has 106 valence electrons. The molecule has 7 heteroatoms. The average Bonchev–Trinajstić information content (AvgIpc) is 2.24. The van der Waals surface area contributed by atoms with Crippen LogP contribution in [0.3, 0.4) is 0 Å². The number of ether oxygens (including phenoxy) is 1. The van der Waals surface area contributed by atoms with Gasteiger partial charge >= 0.3 is 6.09 Å². The van der Waals surface area contributed by atoms with Crippen molar-refractivity contribution in [1.82, 2.24) is 0 Å². The Labute approximate surface area is 121 Å². The molecule has 0 fully saturated rings. The van der Waals surface area contributed by atoms with E-state index in [0.717, 1.165) is 0 Å². The topological polar surface area (TPSA) is 86.5 Å². The van der Waals surface area contributed by atoms with Crippen LogP contribution in [0.15, 0.2) is 33.6 Å². The minimum absolute atomic E-state index is 0.0659. The quantitative estimate of drug-likeness (QED) is 0.908. The third-order valence-corrected chi connectivity index (χ3v) is 5.65. The maximum absolute atomic E-state index is 12.6. The van der Waals surface area contributed by atoms with Crippen LogP contribution in [-0.2, 0) is 14.6 Å². The van der Waals surface area contributed by atoms with Crippen molar-refractivity contribution in [3.8, 4) is 0 Å². The van der Waals surface area contributed by atoms with Gasteiger partial charge in [-0.3, -0.25) is 0 Å². The van der Waals surface area contributed by atoms with Crippen LogP contribution in [0.25, 0.3) is 0 Å². The van der Waals surface area contributed by atoms with Crippen molar-refractivity contribution >= 4 is 31.9 Å². The summed E-state index contributed by atoms with van der Waals surface area (Å²) >= 11 is 3.18. The number of primary amides is 1. The molecule has 0 saturated carbocycles. The van der Waals surface area contributed by atoms with Crippen LogP contribution in [0.1, 0.15) is 20.8 Å². The maximum atomic E-state index is 12.6. The van der Waals surface area contributed by atoms with Gasteiger partial charge in [-0.1, -0.05) is 32.9 Å². The minimum atomic E-state index is -3.85. The lowest BCUT2D eigenvalue weighted by Gasteiger charge is -2.29. The third-order valence-electron chi connectivity index (χ3n) is 2.36. The SMILES string of the molecule is CC(C)(C)C(OC(N)=O)S(=O)(=O)c1ccccc1Br. The molecule has 0 bridgehead atoms. The van der Waals surface area contributed by atoms with Crippen molar-refractivity contribution in [1.29, 1.82) is 0 Å². The van der Waals surface area contributed by atoms with Crippen molar-refractivity contribution in [2.75, 3.05) is 0 Å². The first kappa shape index (κ1) is 16.0. The summed E-state index contributed by atoms with van der Waals surface area (Å²) in [5, 5.41) is 0. The third kappa shape index (κ3) is 3.70. The Morgan fingerprint density at radius 2 is 1.84 bits per heavy atom. The molecular formula is C12H16BrNO4S. The molecular weight excluding hydrogens is 334 g/mol. The highest BCUT2D eigenvalue weighted by molar-refractivity contribution is 9.10. The minimum Gasteiger partial charge on any atom is -0.429 e. The van der Waals surface area contributed by atoms with Crippen molar-refractivity contribution < 1.29 is 17.9 Å². The standard InChI is InChI=1S/C12H16BrNO4S/c1-12(2,3)10(18-11(14)15)19(16,17)9-7-5-4-6-8(9)13/h4-7,10H,1-3H3,(H2,14,15). The van der Waals surface area contributed by atoms with Crippen LogP contribution in [0.5, 0.6) is 0 Å². The number of carbonyl (C=O) groups excluding carboxylic acids is 1. The molecule has 0 saturated heterocycles. The van der Waals surface area contributed by atoms with E-state index in [1.165, 1.54) is 6.07 Å². The molecule has 2 N–H and O–H groups in total. The van der Waals surface area contributed by atoms with Crippen molar-refractivity contribution in [3.63, 3.8) is 0 Å². The van der Waals surface area contributed by atoms with Crippen LogP contribution in [0, 0.1) is 5.41 Å². The van der Waals surface area contributed by atoms with E-state index in [0.29, 0.717) is 4.47 Å². The van der Waals surface area contributed by atoms with E-state index in [2.05, 4.69) is 15.9 Å². The second-order valence-electron chi connectivity index (χ2n) is 5.11. The number of halogens is 1. The second kappa shape index (κ2) is 5.50. The van der Waals surface area contributed by atoms with Gasteiger partial charge in [-0.25, -0.2) is 13.2 Å². The van der Waals surface area contributed by atoms with Crippen LogP contribution < -0.4 is 5.73 Å². The Bertz CT molecular complexity index is 578. The summed E-state index contributed by atoms with van der Waals surface area (Å²) in [4.78, 5) is 11.0. The molecule has 0 aliphatic rings. The molecule has 1 amide bonds. The predicted octanol–water partition coefficient (Wildman–Crippen LogP) is 2.69. The summed E-state index contributed by atoms with van der Waals surface area (Å²) in [5.41, 5.74) is 2.81. The van der Waals surface area contributed by atoms with Gasteiger partial charge in [-0.2, -0.15) is 0 Å². The molecule has 1 aromatic carbocycles. The molecule has 1 unspecified atom stereocenters. The Morgan fingerprint density at radius 3 is 2.26 bits per heavy atom. The van der Waals surface area contributed by atoms with Crippen LogP contribution >= 0.6 is 15.9 Å². The smallest absolute Gasteiger partial charge is 0.405 e. The average molecular weight is 350 g/mol. The molecule has 0 heterocycles. The number of hydrogen-bond acceptors (Lipinski definition) is 4. The highest BCUT2D eigenvalue weighted by atomic mass is 79.9. The number of sulfone groups is 1. The zero-order valence-corrected chi connectivity index (χ0v) is 13.3. The molecule has 5 nitrogen and oxygen atoms in total. The molecule has 1 rings (SSSR count). The van der Waals surface area contributed by atoms with Gasteiger partial charge in [0, 0.05) is 9.89 Å². The maximum Gasteiger partial charge on any atom is 0.405 e. The summed E-state index contributed by atoms with van der Waals surface area (Å²) in [7, 11) is -3.85. The lowest BCUT2D eigenvalue weighted by molar-refractivity contribution is 0.0867. The van der Waals surface area contributed by atoms with E-state index < -0.39 is 26.8 Å². The fourth-order valence-electron chi connectivity index (χ4n) is 1.60. The first-order chi connectivity index (χ1) is 8.56. The molecule has 1 aromatic rings. The number of hydrogen-bond donors (Lipinski definition) is 1. The highest BCUT2D eigenvalue weighted by Gasteiger charge is 2.41. The Kier molecular flexibility index (Phi) is 4.63. The lowest BCUT2D eigenvalue weighted by atomic mass is 9.98. The molecule has 0 aliphatic carbocycles. The van der Waals surface area contributed by atoms with E-state index in [9.17, 15) is 13.2 Å². The van der Waals surface area contributed by atoms with Gasteiger partial charge in [0.25, 0.3) is 0 Å². The molecule has 0 aliphatic heterocycles. The largest absolute Gasteiger partial charge is 0.429 e.